The maximum Gasteiger partial charge on any atom is 0.216 e. The third-order valence-corrected chi connectivity index (χ3v) is 2.80. The van der Waals surface area contributed by atoms with E-state index in [-0.39, 0.29) is 0 Å². The van der Waals surface area contributed by atoms with E-state index in [0.29, 0.717) is 0 Å². The van der Waals surface area contributed by atoms with Gasteiger partial charge in [0.15, 0.2) is 0 Å². The highest BCUT2D eigenvalue weighted by Gasteiger charge is 2.07. The Bertz CT molecular complexity index is 408. The summed E-state index contributed by atoms with van der Waals surface area (Å²) in [5.74, 6) is 0. The van der Waals surface area contributed by atoms with Crippen molar-refractivity contribution in [2.24, 2.45) is 0 Å². The monoisotopic (exact) mass is 193 g/mol. The van der Waals surface area contributed by atoms with Crippen molar-refractivity contribution in [3.63, 3.8) is 0 Å². The Kier molecular flexibility index (Phi) is 1.92. The summed E-state index contributed by atoms with van der Waals surface area (Å²) in [6.07, 6.45) is 0. The lowest BCUT2D eigenvalue weighted by molar-refractivity contribution is 0.906. The average molecular weight is 193 g/mol. The minimum atomic E-state index is 0.956. The van der Waals surface area contributed by atoms with Gasteiger partial charge in [-0.15, -0.1) is 10.2 Å². The minimum Gasteiger partial charge on any atom is -0.293 e. The highest BCUT2D eigenvalue weighted by Crippen LogP contribution is 2.19. The highest BCUT2D eigenvalue weighted by atomic mass is 32.1. The Labute approximate surface area is 81.1 Å². The van der Waals surface area contributed by atoms with Gasteiger partial charge in [0, 0.05) is 11.4 Å². The molecule has 0 aliphatic heterocycles. The number of aromatic nitrogens is 3. The third-order valence-electron chi connectivity index (χ3n) is 1.98. The van der Waals surface area contributed by atoms with Crippen molar-refractivity contribution in [3.05, 3.63) is 28.5 Å². The Balaban J connectivity index is 2.57. The number of hydrogen-bond acceptors (Lipinski definition) is 3. The maximum atomic E-state index is 4.11. The van der Waals surface area contributed by atoms with Crippen molar-refractivity contribution in [1.29, 1.82) is 0 Å². The van der Waals surface area contributed by atoms with Crippen molar-refractivity contribution >= 4 is 11.3 Å². The fraction of sp³-hybridized carbons (Fsp3) is 0.333. The zero-order chi connectivity index (χ0) is 9.42. The molecule has 0 bridgehead atoms. The molecule has 0 atom stereocenters. The summed E-state index contributed by atoms with van der Waals surface area (Å²) in [6.45, 7) is 6.11. The van der Waals surface area contributed by atoms with E-state index in [1.165, 1.54) is 11.4 Å². The van der Waals surface area contributed by atoms with Crippen LogP contribution in [0.4, 0.5) is 0 Å². The summed E-state index contributed by atoms with van der Waals surface area (Å²) in [7, 11) is 0. The van der Waals surface area contributed by atoms with Gasteiger partial charge < -0.3 is 0 Å². The molecule has 0 amide bonds. The Hall–Kier alpha value is -1.16. The first-order valence-electron chi connectivity index (χ1n) is 4.14. The van der Waals surface area contributed by atoms with Crippen LogP contribution in [0.1, 0.15) is 16.4 Å². The van der Waals surface area contributed by atoms with Gasteiger partial charge in [-0.25, -0.2) is 0 Å². The average Bonchev–Trinajstić information content (AvgIpc) is 2.60. The lowest BCUT2D eigenvalue weighted by atomic mass is 10.5. The van der Waals surface area contributed by atoms with Crippen LogP contribution in [0, 0.1) is 20.8 Å². The van der Waals surface area contributed by atoms with Crippen LogP contribution in [0.5, 0.6) is 0 Å². The van der Waals surface area contributed by atoms with Crippen LogP contribution in [-0.4, -0.2) is 14.8 Å². The van der Waals surface area contributed by atoms with Crippen LogP contribution < -0.4 is 0 Å². The molecule has 0 saturated heterocycles. The van der Waals surface area contributed by atoms with E-state index < -0.39 is 0 Å². The standard InChI is InChI=1S/C9H11N3S/c1-6-4-5-7(2)12(6)9-11-10-8(3)13-9/h4-5H,1-3H3. The number of hydrogen-bond donors (Lipinski definition) is 0. The maximum absolute atomic E-state index is 4.11. The van der Waals surface area contributed by atoms with Crippen LogP contribution >= 0.6 is 11.3 Å². The van der Waals surface area contributed by atoms with E-state index in [1.54, 1.807) is 11.3 Å². The molecule has 2 heterocycles. The molecule has 2 rings (SSSR count). The second-order valence-electron chi connectivity index (χ2n) is 3.06. The van der Waals surface area contributed by atoms with Crippen molar-refractivity contribution in [2.45, 2.75) is 20.8 Å². The fourth-order valence-electron chi connectivity index (χ4n) is 1.35. The van der Waals surface area contributed by atoms with Gasteiger partial charge in [0.1, 0.15) is 5.01 Å². The van der Waals surface area contributed by atoms with E-state index in [2.05, 4.69) is 40.7 Å². The van der Waals surface area contributed by atoms with Crippen molar-refractivity contribution in [3.8, 4) is 5.13 Å². The summed E-state index contributed by atoms with van der Waals surface area (Å²) in [5, 5.41) is 10.1. The SMILES string of the molecule is Cc1nnc(-n2c(C)ccc2C)s1. The molecular weight excluding hydrogens is 182 g/mol. The van der Waals surface area contributed by atoms with Crippen LogP contribution in [0.2, 0.25) is 0 Å². The first kappa shape index (κ1) is 8.44. The molecule has 0 N–H and O–H groups in total. The van der Waals surface area contributed by atoms with Gasteiger partial charge in [-0.05, 0) is 32.9 Å². The molecule has 3 nitrogen and oxygen atoms in total. The molecule has 0 spiro atoms. The molecule has 0 saturated carbocycles. The van der Waals surface area contributed by atoms with Crippen LogP contribution in [0.25, 0.3) is 5.13 Å². The minimum absolute atomic E-state index is 0.956. The quantitative estimate of drug-likeness (QED) is 0.695. The molecule has 68 valence electrons. The lowest BCUT2D eigenvalue weighted by Gasteiger charge is -2.02. The van der Waals surface area contributed by atoms with E-state index >= 15 is 0 Å². The van der Waals surface area contributed by atoms with Gasteiger partial charge in [0.05, 0.1) is 0 Å². The molecule has 0 aliphatic carbocycles. The lowest BCUT2D eigenvalue weighted by Crippen LogP contribution is -1.97. The van der Waals surface area contributed by atoms with Crippen LogP contribution in [-0.2, 0) is 0 Å². The molecule has 0 aliphatic rings. The highest BCUT2D eigenvalue weighted by molar-refractivity contribution is 7.13. The Morgan fingerprint density at radius 3 is 2.15 bits per heavy atom. The topological polar surface area (TPSA) is 30.7 Å². The van der Waals surface area contributed by atoms with Gasteiger partial charge in [-0.1, -0.05) is 11.3 Å². The predicted molar refractivity (Wildman–Crippen MR) is 53.4 cm³/mol. The normalized spacial score (nSPS) is 10.7. The summed E-state index contributed by atoms with van der Waals surface area (Å²) in [5.41, 5.74) is 2.40. The van der Waals surface area contributed by atoms with Gasteiger partial charge in [-0.3, -0.25) is 4.57 Å². The van der Waals surface area contributed by atoms with Crippen LogP contribution in [0.3, 0.4) is 0 Å². The second kappa shape index (κ2) is 2.96. The smallest absolute Gasteiger partial charge is 0.216 e. The zero-order valence-electron chi connectivity index (χ0n) is 7.90. The third kappa shape index (κ3) is 1.37. The van der Waals surface area contributed by atoms with Gasteiger partial charge in [0.25, 0.3) is 0 Å². The summed E-state index contributed by atoms with van der Waals surface area (Å²) < 4.78 is 2.12. The molecule has 0 fully saturated rings. The molecule has 2 aromatic heterocycles. The van der Waals surface area contributed by atoms with Crippen molar-refractivity contribution < 1.29 is 0 Å². The van der Waals surface area contributed by atoms with Crippen LogP contribution in [0.15, 0.2) is 12.1 Å². The number of rotatable bonds is 1. The molecule has 0 aromatic carbocycles. The van der Waals surface area contributed by atoms with Gasteiger partial charge in [-0.2, -0.15) is 0 Å². The molecule has 4 heteroatoms. The number of nitrogens with zero attached hydrogens (tertiary/aromatic N) is 3. The zero-order valence-corrected chi connectivity index (χ0v) is 8.72. The summed E-state index contributed by atoms with van der Waals surface area (Å²) >= 11 is 1.61. The summed E-state index contributed by atoms with van der Waals surface area (Å²) in [4.78, 5) is 0. The van der Waals surface area contributed by atoms with Gasteiger partial charge in [0.2, 0.25) is 5.13 Å². The molecule has 13 heavy (non-hydrogen) atoms. The Morgan fingerprint density at radius 2 is 1.69 bits per heavy atom. The van der Waals surface area contributed by atoms with Crippen molar-refractivity contribution in [2.75, 3.05) is 0 Å². The predicted octanol–water partition coefficient (Wildman–Crippen LogP) is 2.25. The largest absolute Gasteiger partial charge is 0.293 e. The molecule has 2 aromatic rings. The molecule has 0 unspecified atom stereocenters. The number of aryl methyl sites for hydroxylation is 3. The van der Waals surface area contributed by atoms with Crippen molar-refractivity contribution in [1.82, 2.24) is 14.8 Å². The summed E-state index contributed by atoms with van der Waals surface area (Å²) in [6, 6.07) is 4.18. The van der Waals surface area contributed by atoms with E-state index in [9.17, 15) is 0 Å². The first-order valence-corrected chi connectivity index (χ1v) is 4.95. The fourth-order valence-corrected chi connectivity index (χ4v) is 2.15. The van der Waals surface area contributed by atoms with E-state index in [4.69, 9.17) is 0 Å². The van der Waals surface area contributed by atoms with E-state index in [1.807, 2.05) is 6.92 Å². The molecular formula is C9H11N3S. The second-order valence-corrected chi connectivity index (χ2v) is 4.22. The Morgan fingerprint density at radius 1 is 1.08 bits per heavy atom. The molecule has 0 radical (unpaired) electrons. The first-order chi connectivity index (χ1) is 6.18. The van der Waals surface area contributed by atoms with Gasteiger partial charge >= 0.3 is 0 Å². The van der Waals surface area contributed by atoms with E-state index in [0.717, 1.165) is 10.1 Å².